The van der Waals surface area contributed by atoms with Crippen LogP contribution >= 0.6 is 0 Å². The van der Waals surface area contributed by atoms with Gasteiger partial charge in [-0.2, -0.15) is 0 Å². The molecule has 27 heavy (non-hydrogen) atoms. The minimum atomic E-state index is -2.71. The zero-order chi connectivity index (χ0) is 19.0. The highest BCUT2D eigenvalue weighted by atomic mass is 19.2. The summed E-state index contributed by atoms with van der Waals surface area (Å²) in [6.45, 7) is 0. The molecule has 3 aromatic rings. The molecule has 1 aliphatic rings. The summed E-state index contributed by atoms with van der Waals surface area (Å²) in [6, 6.07) is 16.2. The van der Waals surface area contributed by atoms with Crippen LogP contribution in [0.3, 0.4) is 0 Å². The Morgan fingerprint density at radius 2 is 1.74 bits per heavy atom. The van der Waals surface area contributed by atoms with Crippen LogP contribution in [0.4, 0.5) is 20.0 Å². The molecule has 4 rings (SSSR count). The summed E-state index contributed by atoms with van der Waals surface area (Å²) in [4.78, 5) is 5.37. The largest absolute Gasteiger partial charge is 0.678 e. The molecule has 0 saturated heterocycles. The van der Waals surface area contributed by atoms with Crippen LogP contribution in [0, 0.1) is 0 Å². The Balaban J connectivity index is 1.98. The van der Waals surface area contributed by atoms with E-state index in [0.717, 1.165) is 26.7 Å². The van der Waals surface area contributed by atoms with Crippen LogP contribution in [-0.4, -0.2) is 27.3 Å². The molecule has 0 N–H and O–H groups in total. The number of benzene rings is 3. The van der Waals surface area contributed by atoms with Crippen molar-refractivity contribution in [3.63, 3.8) is 0 Å². The maximum Gasteiger partial charge on any atom is 0.678 e. The number of hydrogen-bond acceptors (Lipinski definition) is 3. The highest BCUT2D eigenvalue weighted by Gasteiger charge is 2.31. The van der Waals surface area contributed by atoms with E-state index in [1.807, 2.05) is 36.4 Å². The van der Waals surface area contributed by atoms with Crippen molar-refractivity contribution in [2.75, 3.05) is 19.0 Å². The molecule has 0 aliphatic heterocycles. The molecule has 0 radical (unpaired) electrons. The molecule has 0 saturated carbocycles. The second kappa shape index (κ2) is 6.87. The Hall–Kier alpha value is -3.15. The van der Waals surface area contributed by atoms with Crippen molar-refractivity contribution in [1.29, 1.82) is 0 Å². The average molecular weight is 362 g/mol. The Morgan fingerprint density at radius 3 is 2.41 bits per heavy atom. The van der Waals surface area contributed by atoms with Crippen LogP contribution in [-0.2, 0) is 0 Å². The molecule has 0 aromatic heterocycles. The van der Waals surface area contributed by atoms with E-state index in [0.29, 0.717) is 22.8 Å². The number of methoxy groups -OCH3 is 1. The normalized spacial score (nSPS) is 13.9. The molecule has 0 amide bonds. The number of allylic oxidation sites excluding steroid dienone is 1. The van der Waals surface area contributed by atoms with Crippen molar-refractivity contribution in [1.82, 2.24) is 0 Å². The smallest absolute Gasteiger partial charge is 0.497 e. The van der Waals surface area contributed by atoms with Gasteiger partial charge in [0.25, 0.3) is 0 Å². The van der Waals surface area contributed by atoms with Crippen LogP contribution in [0.5, 0.6) is 5.75 Å². The van der Waals surface area contributed by atoms with Crippen LogP contribution < -0.4 is 9.55 Å². The fourth-order valence-corrected chi connectivity index (χ4v) is 3.53. The van der Waals surface area contributed by atoms with Crippen molar-refractivity contribution in [2.24, 2.45) is 4.99 Å². The molecular weight excluding hydrogens is 345 g/mol. The predicted molar refractivity (Wildman–Crippen MR) is 109 cm³/mol. The van der Waals surface area contributed by atoms with Gasteiger partial charge in [-0.1, -0.05) is 30.3 Å². The summed E-state index contributed by atoms with van der Waals surface area (Å²) < 4.78 is 33.5. The molecule has 6 heteroatoms. The summed E-state index contributed by atoms with van der Waals surface area (Å²) in [5.41, 5.74) is 3.24. The molecule has 1 aliphatic carbocycles. The van der Waals surface area contributed by atoms with Gasteiger partial charge in [-0.05, 0) is 47.4 Å². The van der Waals surface area contributed by atoms with Crippen molar-refractivity contribution in [3.8, 4) is 5.75 Å². The van der Waals surface area contributed by atoms with Gasteiger partial charge in [0, 0.05) is 29.4 Å². The standard InChI is InChI=1S/C21H17BF2N2O/c1-25-18-12-6-14-4-3-5-15-7-13-19(21(18)20(14)15)26(22(23)24)16-8-10-17(27-2)11-9-16/h3-13H,1-2H3. The second-order valence-electron chi connectivity index (χ2n) is 6.19. The van der Waals surface area contributed by atoms with Gasteiger partial charge in [0.05, 0.1) is 12.8 Å². The lowest BCUT2D eigenvalue weighted by Crippen LogP contribution is -2.29. The Morgan fingerprint density at radius 1 is 0.963 bits per heavy atom. The third-order valence-corrected chi connectivity index (χ3v) is 4.78. The lowest BCUT2D eigenvalue weighted by molar-refractivity contribution is 0.415. The lowest BCUT2D eigenvalue weighted by Gasteiger charge is -2.27. The maximum atomic E-state index is 14.2. The van der Waals surface area contributed by atoms with E-state index in [4.69, 9.17) is 4.74 Å². The molecule has 0 heterocycles. The second-order valence-corrected chi connectivity index (χ2v) is 6.19. The molecule has 0 unspecified atom stereocenters. The quantitative estimate of drug-likeness (QED) is 0.584. The van der Waals surface area contributed by atoms with Crippen molar-refractivity contribution >= 4 is 41.3 Å². The minimum Gasteiger partial charge on any atom is -0.497 e. The highest BCUT2D eigenvalue weighted by molar-refractivity contribution is 6.51. The number of anilines is 2. The molecule has 0 bridgehead atoms. The summed E-state index contributed by atoms with van der Waals surface area (Å²) in [6.07, 6.45) is 3.85. The van der Waals surface area contributed by atoms with Gasteiger partial charge in [-0.25, -0.2) is 0 Å². The predicted octanol–water partition coefficient (Wildman–Crippen LogP) is 5.36. The number of halogens is 2. The summed E-state index contributed by atoms with van der Waals surface area (Å²) >= 11 is 0. The van der Waals surface area contributed by atoms with E-state index in [1.54, 1.807) is 44.5 Å². The number of aliphatic imine (C=N–C) groups is 1. The topological polar surface area (TPSA) is 24.8 Å². The molecule has 0 atom stereocenters. The van der Waals surface area contributed by atoms with Gasteiger partial charge in [0.1, 0.15) is 5.75 Å². The Bertz CT molecular complexity index is 1060. The third-order valence-electron chi connectivity index (χ3n) is 4.78. The van der Waals surface area contributed by atoms with Crippen molar-refractivity contribution in [2.45, 2.75) is 0 Å². The van der Waals surface area contributed by atoms with Crippen LogP contribution in [0.25, 0.3) is 16.8 Å². The van der Waals surface area contributed by atoms with Crippen LogP contribution in [0.1, 0.15) is 11.1 Å². The lowest BCUT2D eigenvalue weighted by atomic mass is 9.88. The third kappa shape index (κ3) is 2.87. The number of rotatable bonds is 4. The maximum absolute atomic E-state index is 14.2. The average Bonchev–Trinajstić information content (AvgIpc) is 2.70. The Kier molecular flexibility index (Phi) is 4.40. The molecular formula is C21H17BF2N2O. The van der Waals surface area contributed by atoms with Gasteiger partial charge in [0.15, 0.2) is 0 Å². The summed E-state index contributed by atoms with van der Waals surface area (Å²) in [5, 5.41) is 1.94. The Labute approximate surface area is 156 Å². The fourth-order valence-electron chi connectivity index (χ4n) is 3.53. The van der Waals surface area contributed by atoms with E-state index in [9.17, 15) is 8.63 Å². The number of nitrogens with zero attached hydrogens (tertiary/aromatic N) is 2. The van der Waals surface area contributed by atoms with E-state index >= 15 is 0 Å². The zero-order valence-electron chi connectivity index (χ0n) is 15.0. The molecule has 0 spiro atoms. The van der Waals surface area contributed by atoms with E-state index in [1.165, 1.54) is 0 Å². The zero-order valence-corrected chi connectivity index (χ0v) is 15.0. The van der Waals surface area contributed by atoms with Crippen LogP contribution in [0.15, 0.2) is 65.7 Å². The first kappa shape index (κ1) is 17.3. The first-order valence-electron chi connectivity index (χ1n) is 8.56. The first-order chi connectivity index (χ1) is 13.1. The molecule has 3 nitrogen and oxygen atoms in total. The molecule has 134 valence electrons. The summed E-state index contributed by atoms with van der Waals surface area (Å²) in [7, 11) is 0.518. The van der Waals surface area contributed by atoms with Gasteiger partial charge >= 0.3 is 7.40 Å². The minimum absolute atomic E-state index is 0.392. The van der Waals surface area contributed by atoms with Gasteiger partial charge < -0.3 is 9.55 Å². The van der Waals surface area contributed by atoms with Gasteiger partial charge in [-0.3, -0.25) is 13.6 Å². The monoisotopic (exact) mass is 362 g/mol. The van der Waals surface area contributed by atoms with Crippen molar-refractivity contribution < 1.29 is 13.4 Å². The van der Waals surface area contributed by atoms with E-state index in [2.05, 4.69) is 4.99 Å². The molecule has 0 fully saturated rings. The molecule has 3 aromatic carbocycles. The first-order valence-corrected chi connectivity index (χ1v) is 8.56. The fraction of sp³-hybridized carbons (Fsp3) is 0.0952. The van der Waals surface area contributed by atoms with Crippen LogP contribution in [0.2, 0.25) is 0 Å². The van der Waals surface area contributed by atoms with E-state index in [-0.39, 0.29) is 0 Å². The van der Waals surface area contributed by atoms with Gasteiger partial charge in [-0.15, -0.1) is 0 Å². The number of hydrogen-bond donors (Lipinski definition) is 0. The number of ether oxygens (including phenoxy) is 1. The summed E-state index contributed by atoms with van der Waals surface area (Å²) in [5.74, 6) is 0.619. The SMILES string of the molecule is CN=C1C=Cc2cccc3ccc(N(B(F)F)c4ccc(OC)cc4)c1c23. The highest BCUT2D eigenvalue weighted by Crippen LogP contribution is 2.39. The van der Waals surface area contributed by atoms with Gasteiger partial charge in [0.2, 0.25) is 0 Å². The van der Waals surface area contributed by atoms with Crippen molar-refractivity contribution in [3.05, 3.63) is 71.8 Å². The van der Waals surface area contributed by atoms with E-state index < -0.39 is 7.40 Å².